The van der Waals surface area contributed by atoms with Gasteiger partial charge in [-0.15, -0.1) is 0 Å². The summed E-state index contributed by atoms with van der Waals surface area (Å²) in [5.74, 6) is 0.301. The average molecular weight is 157 g/mol. The van der Waals surface area contributed by atoms with Crippen LogP contribution in [0, 0.1) is 11.8 Å². The predicted molar refractivity (Wildman–Crippen MR) is 42.4 cm³/mol. The summed E-state index contributed by atoms with van der Waals surface area (Å²) in [7, 11) is 0. The van der Waals surface area contributed by atoms with Crippen molar-refractivity contribution in [3.8, 4) is 0 Å². The zero-order chi connectivity index (χ0) is 8.27. The zero-order valence-corrected chi connectivity index (χ0v) is 6.84. The molecule has 0 amide bonds. The van der Waals surface area contributed by atoms with E-state index in [-0.39, 0.29) is 0 Å². The van der Waals surface area contributed by atoms with Crippen LogP contribution in [-0.2, 0) is 4.79 Å². The molecular weight excluding hydrogens is 142 g/mol. The Morgan fingerprint density at radius 2 is 2.36 bits per heavy atom. The molecule has 0 aromatic rings. The van der Waals surface area contributed by atoms with Gasteiger partial charge in [-0.3, -0.25) is 4.79 Å². The third kappa shape index (κ3) is 2.89. The van der Waals surface area contributed by atoms with Gasteiger partial charge in [0.2, 0.25) is 0 Å². The van der Waals surface area contributed by atoms with Gasteiger partial charge in [-0.2, -0.15) is 0 Å². The molecule has 0 aromatic carbocycles. The quantitative estimate of drug-likeness (QED) is 0.620. The molecule has 1 rings (SSSR count). The lowest BCUT2D eigenvalue weighted by Gasteiger charge is -2.26. The number of nitrogens with one attached hydrogen (secondary N) is 1. The fraction of sp³-hybridized carbons (Fsp3) is 0.875. The Morgan fingerprint density at radius 1 is 1.64 bits per heavy atom. The summed E-state index contributed by atoms with van der Waals surface area (Å²) in [6.45, 7) is 4.06. The molecule has 0 aliphatic carbocycles. The Morgan fingerprint density at radius 3 is 2.91 bits per heavy atom. The van der Waals surface area contributed by atoms with Crippen LogP contribution in [0.1, 0.15) is 19.8 Å². The Labute approximate surface area is 66.8 Å². The highest BCUT2D eigenvalue weighted by molar-refractivity contribution is 5.67. The Balaban J connectivity index is 2.28. The lowest BCUT2D eigenvalue weighted by molar-refractivity contribution is -0.138. The Bertz CT molecular complexity index is 147. The van der Waals surface area contributed by atoms with Crippen molar-refractivity contribution in [3.05, 3.63) is 0 Å². The molecule has 1 aliphatic heterocycles. The van der Waals surface area contributed by atoms with Crippen molar-refractivity contribution in [2.24, 2.45) is 11.8 Å². The van der Waals surface area contributed by atoms with Gasteiger partial charge in [0.25, 0.3) is 0 Å². The molecule has 0 bridgehead atoms. The maximum atomic E-state index is 10.3. The van der Waals surface area contributed by atoms with Crippen LogP contribution in [0.2, 0.25) is 0 Å². The highest BCUT2D eigenvalue weighted by atomic mass is 16.4. The molecular formula is C8H15NO2. The van der Waals surface area contributed by atoms with Crippen molar-refractivity contribution in [1.29, 1.82) is 0 Å². The van der Waals surface area contributed by atoms with Gasteiger partial charge in [0, 0.05) is 6.42 Å². The number of carbonyl (C=O) groups is 1. The van der Waals surface area contributed by atoms with E-state index in [9.17, 15) is 4.79 Å². The van der Waals surface area contributed by atoms with Crippen LogP contribution < -0.4 is 5.32 Å². The predicted octanol–water partition coefficient (Wildman–Crippen LogP) is 0.707. The number of hydrogen-bond acceptors (Lipinski definition) is 2. The molecule has 1 saturated heterocycles. The van der Waals surface area contributed by atoms with Crippen LogP contribution in [0.25, 0.3) is 0 Å². The second-order valence-corrected chi connectivity index (χ2v) is 3.46. The number of piperidine rings is 1. The normalized spacial score (nSPS) is 31.7. The Kier molecular flexibility index (Phi) is 2.88. The summed E-state index contributed by atoms with van der Waals surface area (Å²) in [5, 5.41) is 11.8. The second kappa shape index (κ2) is 3.72. The smallest absolute Gasteiger partial charge is 0.303 e. The van der Waals surface area contributed by atoms with Crippen LogP contribution in [0.3, 0.4) is 0 Å². The van der Waals surface area contributed by atoms with E-state index in [1.54, 1.807) is 0 Å². The average Bonchev–Trinajstić information content (AvgIpc) is 1.85. The van der Waals surface area contributed by atoms with Crippen molar-refractivity contribution in [2.75, 3.05) is 13.1 Å². The van der Waals surface area contributed by atoms with E-state index in [2.05, 4.69) is 12.2 Å². The standard InChI is InChI=1S/C8H15NO2/c1-6-2-7(3-8(10)11)5-9-4-6/h6-7,9H,2-5H2,1H3,(H,10,11)/t6-,7+/m1/s1. The molecule has 1 aliphatic rings. The lowest BCUT2D eigenvalue weighted by Crippen LogP contribution is -2.35. The molecule has 0 unspecified atom stereocenters. The molecule has 1 heterocycles. The van der Waals surface area contributed by atoms with E-state index >= 15 is 0 Å². The number of rotatable bonds is 2. The van der Waals surface area contributed by atoms with Gasteiger partial charge >= 0.3 is 5.97 Å². The van der Waals surface area contributed by atoms with Gasteiger partial charge in [-0.25, -0.2) is 0 Å². The van der Waals surface area contributed by atoms with Gasteiger partial charge in [0.1, 0.15) is 0 Å². The first kappa shape index (κ1) is 8.53. The molecule has 2 N–H and O–H groups in total. The fourth-order valence-electron chi connectivity index (χ4n) is 1.67. The van der Waals surface area contributed by atoms with E-state index in [4.69, 9.17) is 5.11 Å². The van der Waals surface area contributed by atoms with E-state index in [1.165, 1.54) is 0 Å². The van der Waals surface area contributed by atoms with Gasteiger partial charge in [-0.1, -0.05) is 6.92 Å². The number of hydrogen-bond donors (Lipinski definition) is 2. The van der Waals surface area contributed by atoms with Crippen molar-refractivity contribution < 1.29 is 9.90 Å². The molecule has 11 heavy (non-hydrogen) atoms. The first-order chi connectivity index (χ1) is 5.18. The summed E-state index contributed by atoms with van der Waals surface area (Å²) in [6, 6.07) is 0. The first-order valence-electron chi connectivity index (χ1n) is 4.11. The fourth-order valence-corrected chi connectivity index (χ4v) is 1.67. The monoisotopic (exact) mass is 157 g/mol. The molecule has 3 nitrogen and oxygen atoms in total. The summed E-state index contributed by atoms with van der Waals surface area (Å²) in [5.41, 5.74) is 0. The van der Waals surface area contributed by atoms with E-state index in [1.807, 2.05) is 0 Å². The maximum absolute atomic E-state index is 10.3. The molecule has 2 atom stereocenters. The van der Waals surface area contributed by atoms with Crippen LogP contribution in [0.5, 0.6) is 0 Å². The van der Waals surface area contributed by atoms with Gasteiger partial charge in [0.05, 0.1) is 0 Å². The van der Waals surface area contributed by atoms with Crippen molar-refractivity contribution in [3.63, 3.8) is 0 Å². The van der Waals surface area contributed by atoms with Crippen molar-refractivity contribution in [1.82, 2.24) is 5.32 Å². The highest BCUT2D eigenvalue weighted by Crippen LogP contribution is 2.18. The SMILES string of the molecule is C[C@H]1CNC[C@H](CC(=O)O)C1. The maximum Gasteiger partial charge on any atom is 0.303 e. The third-order valence-electron chi connectivity index (χ3n) is 2.12. The molecule has 64 valence electrons. The van der Waals surface area contributed by atoms with Crippen molar-refractivity contribution >= 4 is 5.97 Å². The van der Waals surface area contributed by atoms with Gasteiger partial charge in [-0.05, 0) is 31.3 Å². The molecule has 0 saturated carbocycles. The summed E-state index contributed by atoms with van der Waals surface area (Å²) < 4.78 is 0. The van der Waals surface area contributed by atoms with E-state index in [0.29, 0.717) is 18.3 Å². The van der Waals surface area contributed by atoms with E-state index < -0.39 is 5.97 Å². The molecule has 0 radical (unpaired) electrons. The van der Waals surface area contributed by atoms with E-state index in [0.717, 1.165) is 19.5 Å². The number of carboxylic acids is 1. The minimum absolute atomic E-state index is 0.317. The van der Waals surface area contributed by atoms with Crippen molar-refractivity contribution in [2.45, 2.75) is 19.8 Å². The molecule has 0 aromatic heterocycles. The zero-order valence-electron chi connectivity index (χ0n) is 6.84. The van der Waals surface area contributed by atoms with Crippen LogP contribution in [0.15, 0.2) is 0 Å². The van der Waals surface area contributed by atoms with Gasteiger partial charge in [0.15, 0.2) is 0 Å². The number of carboxylic acid groups (broad SMARTS) is 1. The number of aliphatic carboxylic acids is 1. The van der Waals surface area contributed by atoms with Crippen LogP contribution >= 0.6 is 0 Å². The lowest BCUT2D eigenvalue weighted by atomic mass is 9.90. The first-order valence-corrected chi connectivity index (χ1v) is 4.11. The van der Waals surface area contributed by atoms with Crippen LogP contribution in [0.4, 0.5) is 0 Å². The second-order valence-electron chi connectivity index (χ2n) is 3.46. The molecule has 3 heteroatoms. The largest absolute Gasteiger partial charge is 0.481 e. The summed E-state index contributed by atoms with van der Waals surface area (Å²) in [6.07, 6.45) is 1.37. The topological polar surface area (TPSA) is 49.3 Å². The molecule has 1 fully saturated rings. The third-order valence-corrected chi connectivity index (χ3v) is 2.12. The van der Waals surface area contributed by atoms with Gasteiger partial charge < -0.3 is 10.4 Å². The summed E-state index contributed by atoms with van der Waals surface area (Å²) >= 11 is 0. The Hall–Kier alpha value is -0.570. The highest BCUT2D eigenvalue weighted by Gasteiger charge is 2.20. The minimum atomic E-state index is -0.675. The minimum Gasteiger partial charge on any atom is -0.481 e. The molecule has 0 spiro atoms. The van der Waals surface area contributed by atoms with Crippen LogP contribution in [-0.4, -0.2) is 24.2 Å². The summed E-state index contributed by atoms with van der Waals surface area (Å²) in [4.78, 5) is 10.3.